The number of hydrogen-bond donors (Lipinski definition) is 2. The molecule has 0 aromatic carbocycles. The summed E-state index contributed by atoms with van der Waals surface area (Å²) >= 11 is 0. The van der Waals surface area contributed by atoms with Gasteiger partial charge in [-0.05, 0) is 19.8 Å². The first-order valence-corrected chi connectivity index (χ1v) is 7.25. The molecule has 2 heterocycles. The van der Waals surface area contributed by atoms with Gasteiger partial charge in [-0.25, -0.2) is 0 Å². The van der Waals surface area contributed by atoms with Gasteiger partial charge < -0.3 is 20.1 Å². The smallest absolute Gasteiger partial charge is 0.248 e. The first kappa shape index (κ1) is 16.0. The second-order valence-corrected chi connectivity index (χ2v) is 5.29. The Balaban J connectivity index is 1.90. The number of rotatable bonds is 5. The summed E-state index contributed by atoms with van der Waals surface area (Å²) < 4.78 is 4.89. The maximum Gasteiger partial charge on any atom is 0.248 e. The summed E-state index contributed by atoms with van der Waals surface area (Å²) in [5, 5.41) is 8.94. The highest BCUT2D eigenvalue weighted by Gasteiger charge is 2.34. The Bertz CT molecular complexity index is 569. The Morgan fingerprint density at radius 2 is 2.23 bits per heavy atom. The van der Waals surface area contributed by atoms with E-state index in [4.69, 9.17) is 4.52 Å². The summed E-state index contributed by atoms with van der Waals surface area (Å²) in [5.41, 5.74) is 0. The van der Waals surface area contributed by atoms with Crippen LogP contribution in [-0.2, 0) is 14.4 Å². The Labute approximate surface area is 128 Å². The van der Waals surface area contributed by atoms with E-state index in [1.807, 2.05) is 0 Å². The molecular formula is C14H20N4O4. The zero-order chi connectivity index (χ0) is 16.1. The molecule has 0 spiro atoms. The molecule has 1 aromatic rings. The van der Waals surface area contributed by atoms with E-state index >= 15 is 0 Å². The van der Waals surface area contributed by atoms with Crippen molar-refractivity contribution in [1.29, 1.82) is 0 Å². The van der Waals surface area contributed by atoms with E-state index in [2.05, 4.69) is 15.8 Å². The zero-order valence-electron chi connectivity index (χ0n) is 12.7. The normalized spacial score (nSPS) is 17.4. The number of likely N-dealkylation sites (tertiary alicyclic amines) is 1. The van der Waals surface area contributed by atoms with Crippen LogP contribution < -0.4 is 10.6 Å². The molecule has 1 atom stereocenters. The number of carbonyl (C=O) groups excluding carboxylic acids is 3. The molecule has 1 aromatic heterocycles. The van der Waals surface area contributed by atoms with Crippen LogP contribution in [0.2, 0.25) is 0 Å². The third-order valence-electron chi connectivity index (χ3n) is 3.47. The van der Waals surface area contributed by atoms with E-state index in [0.29, 0.717) is 24.5 Å². The number of amides is 3. The summed E-state index contributed by atoms with van der Waals surface area (Å²) in [7, 11) is 0. The highest BCUT2D eigenvalue weighted by molar-refractivity contribution is 5.96. The van der Waals surface area contributed by atoms with Crippen molar-refractivity contribution >= 4 is 23.5 Å². The second kappa shape index (κ2) is 7.06. The van der Waals surface area contributed by atoms with Crippen LogP contribution in [0.4, 0.5) is 5.82 Å². The van der Waals surface area contributed by atoms with Gasteiger partial charge in [-0.3, -0.25) is 14.4 Å². The molecule has 0 aliphatic carbocycles. The van der Waals surface area contributed by atoms with Crippen molar-refractivity contribution in [2.24, 2.45) is 0 Å². The minimum Gasteiger partial charge on any atom is -0.360 e. The van der Waals surface area contributed by atoms with Gasteiger partial charge in [0.1, 0.15) is 11.8 Å². The molecule has 0 bridgehead atoms. The fourth-order valence-corrected chi connectivity index (χ4v) is 2.46. The van der Waals surface area contributed by atoms with Crippen molar-refractivity contribution in [3.8, 4) is 0 Å². The van der Waals surface area contributed by atoms with Gasteiger partial charge in [0.15, 0.2) is 5.82 Å². The molecule has 8 nitrogen and oxygen atoms in total. The number of anilines is 1. The third kappa shape index (κ3) is 4.06. The quantitative estimate of drug-likeness (QED) is 0.821. The van der Waals surface area contributed by atoms with Gasteiger partial charge in [0.05, 0.1) is 0 Å². The van der Waals surface area contributed by atoms with Crippen LogP contribution in [0.25, 0.3) is 0 Å². The van der Waals surface area contributed by atoms with Crippen molar-refractivity contribution in [2.45, 2.75) is 39.2 Å². The number of aryl methyl sites for hydroxylation is 1. The van der Waals surface area contributed by atoms with E-state index in [1.165, 1.54) is 6.92 Å². The number of nitrogens with zero attached hydrogens (tertiary/aromatic N) is 2. The van der Waals surface area contributed by atoms with Crippen molar-refractivity contribution in [2.75, 3.05) is 18.4 Å². The molecule has 1 saturated heterocycles. The minimum absolute atomic E-state index is 0.136. The van der Waals surface area contributed by atoms with Gasteiger partial charge in [-0.1, -0.05) is 5.16 Å². The van der Waals surface area contributed by atoms with Crippen LogP contribution in [0, 0.1) is 6.92 Å². The van der Waals surface area contributed by atoms with Crippen LogP contribution in [-0.4, -0.2) is 46.9 Å². The molecule has 120 valence electrons. The van der Waals surface area contributed by atoms with Crippen LogP contribution in [0.15, 0.2) is 10.6 Å². The third-order valence-corrected chi connectivity index (χ3v) is 3.47. The molecule has 1 aliphatic heterocycles. The van der Waals surface area contributed by atoms with Crippen LogP contribution in [0.5, 0.6) is 0 Å². The number of aromatic nitrogens is 1. The van der Waals surface area contributed by atoms with Gasteiger partial charge in [-0.2, -0.15) is 0 Å². The van der Waals surface area contributed by atoms with E-state index in [1.54, 1.807) is 17.9 Å². The van der Waals surface area contributed by atoms with Crippen LogP contribution in [0.1, 0.15) is 31.9 Å². The lowest BCUT2D eigenvalue weighted by Crippen LogP contribution is -2.44. The predicted octanol–water partition coefficient (Wildman–Crippen LogP) is 0.439. The monoisotopic (exact) mass is 308 g/mol. The standard InChI is InChI=1S/C14H20N4O4/c1-9-8-12(17-22-9)16-14(21)11-4-3-7-18(11)13(20)5-6-15-10(2)19/h8,11H,3-7H2,1-2H3,(H,15,19)(H,16,17,21). The van der Waals surface area contributed by atoms with Crippen molar-refractivity contribution in [3.05, 3.63) is 11.8 Å². The Kier molecular flexibility index (Phi) is 5.13. The molecule has 1 unspecified atom stereocenters. The summed E-state index contributed by atoms with van der Waals surface area (Å²) in [6, 6.07) is 1.12. The molecule has 0 radical (unpaired) electrons. The molecule has 0 saturated carbocycles. The molecule has 1 fully saturated rings. The van der Waals surface area contributed by atoms with Gasteiger partial charge in [-0.15, -0.1) is 0 Å². The molecule has 2 N–H and O–H groups in total. The number of hydrogen-bond acceptors (Lipinski definition) is 5. The lowest BCUT2D eigenvalue weighted by Gasteiger charge is -2.23. The topological polar surface area (TPSA) is 105 Å². The van der Waals surface area contributed by atoms with Crippen LogP contribution >= 0.6 is 0 Å². The van der Waals surface area contributed by atoms with Crippen molar-refractivity contribution in [1.82, 2.24) is 15.4 Å². The molecule has 1 aliphatic rings. The Morgan fingerprint density at radius 3 is 2.86 bits per heavy atom. The minimum atomic E-state index is -0.498. The molecular weight excluding hydrogens is 288 g/mol. The fraction of sp³-hybridized carbons (Fsp3) is 0.571. The summed E-state index contributed by atoms with van der Waals surface area (Å²) in [5.74, 6) is 0.372. The summed E-state index contributed by atoms with van der Waals surface area (Å²) in [6.07, 6.45) is 1.59. The van der Waals surface area contributed by atoms with Gasteiger partial charge >= 0.3 is 0 Å². The fourth-order valence-electron chi connectivity index (χ4n) is 2.46. The van der Waals surface area contributed by atoms with Crippen molar-refractivity contribution in [3.63, 3.8) is 0 Å². The largest absolute Gasteiger partial charge is 0.360 e. The first-order valence-electron chi connectivity index (χ1n) is 7.25. The second-order valence-electron chi connectivity index (χ2n) is 5.29. The van der Waals surface area contributed by atoms with Gasteiger partial charge in [0, 0.05) is 32.5 Å². The average molecular weight is 308 g/mol. The van der Waals surface area contributed by atoms with E-state index in [9.17, 15) is 14.4 Å². The highest BCUT2D eigenvalue weighted by atomic mass is 16.5. The highest BCUT2D eigenvalue weighted by Crippen LogP contribution is 2.20. The maximum absolute atomic E-state index is 12.3. The SMILES string of the molecule is CC(=O)NCCC(=O)N1CCCC1C(=O)Nc1cc(C)on1. The number of carbonyl (C=O) groups is 3. The van der Waals surface area contributed by atoms with Crippen molar-refractivity contribution < 1.29 is 18.9 Å². The van der Waals surface area contributed by atoms with Gasteiger partial charge in [0.25, 0.3) is 0 Å². The lowest BCUT2D eigenvalue weighted by atomic mass is 10.2. The zero-order valence-corrected chi connectivity index (χ0v) is 12.7. The summed E-state index contributed by atoms with van der Waals surface area (Å²) in [4.78, 5) is 36.8. The number of nitrogens with one attached hydrogen (secondary N) is 2. The maximum atomic E-state index is 12.3. The first-order chi connectivity index (χ1) is 10.5. The predicted molar refractivity (Wildman–Crippen MR) is 77.9 cm³/mol. The molecule has 2 rings (SSSR count). The average Bonchev–Trinajstić information content (AvgIpc) is 3.07. The Hall–Kier alpha value is -2.38. The lowest BCUT2D eigenvalue weighted by molar-refractivity contribution is -0.136. The van der Waals surface area contributed by atoms with E-state index in [-0.39, 0.29) is 30.7 Å². The summed E-state index contributed by atoms with van der Waals surface area (Å²) in [6.45, 7) is 3.96. The van der Waals surface area contributed by atoms with E-state index < -0.39 is 6.04 Å². The molecule has 8 heteroatoms. The molecule has 3 amide bonds. The van der Waals surface area contributed by atoms with E-state index in [0.717, 1.165) is 6.42 Å². The van der Waals surface area contributed by atoms with Crippen LogP contribution in [0.3, 0.4) is 0 Å². The molecule has 22 heavy (non-hydrogen) atoms. The Morgan fingerprint density at radius 1 is 1.45 bits per heavy atom. The van der Waals surface area contributed by atoms with Gasteiger partial charge in [0.2, 0.25) is 17.7 Å².